The molecular weight excluding hydrogens is 1650 g/mol. The molecule has 3 amide bonds. The summed E-state index contributed by atoms with van der Waals surface area (Å²) in [4.78, 5) is 94.3. The van der Waals surface area contributed by atoms with Gasteiger partial charge >= 0.3 is 11.9 Å². The molecule has 0 radical (unpaired) electrons. The normalized spacial score (nSPS) is 16.6. The van der Waals surface area contributed by atoms with Crippen LogP contribution in [0.4, 0.5) is 0 Å². The molecule has 4 rings (SSSR count). The highest BCUT2D eigenvalue weighted by molar-refractivity contribution is 6.15. The summed E-state index contributed by atoms with van der Waals surface area (Å²) in [6.07, 6.45) is -6.99. The summed E-state index contributed by atoms with van der Waals surface area (Å²) in [5, 5.41) is 43.7. The first-order valence-electron chi connectivity index (χ1n) is 42.8. The number of esters is 1. The fraction of sp³-hybridized carbons (Fsp3) is 0.756. The molecule has 1 saturated heterocycles. The van der Waals surface area contributed by atoms with Crippen LogP contribution in [0.15, 0.2) is 48.6 Å². The van der Waals surface area contributed by atoms with Crippen molar-refractivity contribution in [2.45, 2.75) is 109 Å². The highest BCUT2D eigenvalue weighted by atomic mass is 16.6. The van der Waals surface area contributed by atoms with Crippen molar-refractivity contribution < 1.29 is 177 Å². The van der Waals surface area contributed by atoms with Gasteiger partial charge in [-0.15, -0.1) is 0 Å². The smallest absolute Gasteiger partial charge is 0.335 e. The van der Waals surface area contributed by atoms with Gasteiger partial charge in [-0.05, 0) is 60.1 Å². The maximum Gasteiger partial charge on any atom is 0.335 e. The van der Waals surface area contributed by atoms with Gasteiger partial charge in [0.15, 0.2) is 29.2 Å². The minimum absolute atomic E-state index is 0.0439. The second-order valence-electron chi connectivity index (χ2n) is 28.5. The van der Waals surface area contributed by atoms with Crippen LogP contribution in [0.5, 0.6) is 11.5 Å². The van der Waals surface area contributed by atoms with Crippen molar-refractivity contribution >= 4 is 41.2 Å². The Bertz CT molecular complexity index is 3160. The first kappa shape index (κ1) is 111. The van der Waals surface area contributed by atoms with Gasteiger partial charge in [0.05, 0.1) is 290 Å². The number of ether oxygens (including phenoxy) is 26. The number of aryl methyl sites for hydroxylation is 1. The van der Waals surface area contributed by atoms with Crippen LogP contribution in [0.2, 0.25) is 0 Å². The lowest BCUT2D eigenvalue weighted by Crippen LogP contribution is -2.59. The van der Waals surface area contributed by atoms with E-state index in [0.717, 1.165) is 17.1 Å². The van der Waals surface area contributed by atoms with Crippen LogP contribution in [0.3, 0.4) is 0 Å². The number of nitrogens with one attached hydrogen (secondary N) is 1. The summed E-state index contributed by atoms with van der Waals surface area (Å²) in [6.45, 7) is 23.5. The molecular formula is C86H140N2O37. The number of methoxy groups -OCH3 is 2. The molecule has 0 saturated carbocycles. The first-order chi connectivity index (χ1) is 60.9. The number of carboxylic acid groups (broad SMARTS) is 1. The third-order valence-electron chi connectivity index (χ3n) is 18.6. The van der Waals surface area contributed by atoms with E-state index in [1.165, 1.54) is 13.8 Å². The van der Waals surface area contributed by atoms with Gasteiger partial charge in [0.1, 0.15) is 44.2 Å². The lowest BCUT2D eigenvalue weighted by molar-refractivity contribution is -0.228. The molecule has 2 aromatic carbocycles. The van der Waals surface area contributed by atoms with E-state index in [1.54, 1.807) is 64.5 Å². The van der Waals surface area contributed by atoms with Crippen LogP contribution < -0.4 is 14.8 Å². The standard InChI is InChI=1S/C86H140N2O37/c1-65(2)72(85(97)87-66(3)74(90)61-68-7-9-71(64-124-67(4)89)70(59-68)10-12-77-81(94)82(95)83(96)84(125-77)86(98)99)63-75(91)73(88-79(92)13-14-80(88)93)60-69-8-11-76(122-57-55-120-53-51-118-49-47-116-45-43-114-41-39-112-37-35-110-33-31-108-29-27-106-25-23-104-21-19-102-17-15-100-5)78(62-69)123-58-56-121-54-52-119-50-48-117-46-44-115-42-40-113-38-36-111-34-32-109-30-28-107-26-24-105-22-20-103-18-16-101-6/h7-9,11,13-14,59,62,65-66,72-73,77,81-84,94-96H,10,12,15-58,60-61,63-64H2,1-6H3,(H,87,97)(H,98,99)/t66-,72-,73-,77-,81-,82+,83-,84-/m0/s1. The average Bonchev–Trinajstić information content (AvgIpc) is 1.79. The zero-order valence-electron chi connectivity index (χ0n) is 73.9. The van der Waals surface area contributed by atoms with Crippen LogP contribution in [-0.2, 0) is 173 Å². The van der Waals surface area contributed by atoms with Gasteiger partial charge in [-0.2, -0.15) is 0 Å². The van der Waals surface area contributed by atoms with Gasteiger partial charge in [0.25, 0.3) is 11.8 Å². The van der Waals surface area contributed by atoms with Crippen molar-refractivity contribution in [1.29, 1.82) is 0 Å². The SMILES string of the molecule is COCCOCCOCCOCCOCCOCCOCCOCCOCCOCCOCCOc1ccc(C[C@@H](C(=O)C[C@H](C(=O)N[C@@H](C)C(=O)Cc2ccc(COC(C)=O)c(CC[C@@H]3O[C@H](C(=O)O)[C@@H](O)[C@H](O)[C@H]3O)c2)C(C)C)N2C(=O)C=CC2=O)cc1OCCOCCOCCOCCOCCOCCOCCOCCOCCOCCOCCOC. The largest absolute Gasteiger partial charge is 0.487 e. The number of amides is 3. The molecule has 2 aliphatic heterocycles. The van der Waals surface area contributed by atoms with Crippen molar-refractivity contribution in [3.63, 3.8) is 0 Å². The number of ketones is 2. The maximum atomic E-state index is 14.8. The molecule has 0 aromatic heterocycles. The van der Waals surface area contributed by atoms with Crippen molar-refractivity contribution in [2.75, 3.05) is 305 Å². The fourth-order valence-electron chi connectivity index (χ4n) is 11.8. The van der Waals surface area contributed by atoms with Gasteiger partial charge in [-0.25, -0.2) is 4.79 Å². The highest BCUT2D eigenvalue weighted by Crippen LogP contribution is 2.32. The molecule has 2 aromatic rings. The van der Waals surface area contributed by atoms with Gasteiger partial charge < -0.3 is 149 Å². The van der Waals surface area contributed by atoms with Crippen LogP contribution in [0.1, 0.15) is 62.8 Å². The number of aliphatic carboxylic acids is 1. The van der Waals surface area contributed by atoms with Gasteiger partial charge in [0.2, 0.25) is 5.91 Å². The fourth-order valence-corrected chi connectivity index (χ4v) is 11.8. The predicted octanol–water partition coefficient (Wildman–Crippen LogP) is 1.38. The molecule has 2 aliphatic rings. The molecule has 1 fully saturated rings. The second-order valence-corrected chi connectivity index (χ2v) is 28.5. The molecule has 0 spiro atoms. The number of carbonyl (C=O) groups excluding carboxylic acids is 6. The minimum atomic E-state index is -1.88. The number of benzene rings is 2. The van der Waals surface area contributed by atoms with Crippen molar-refractivity contribution in [1.82, 2.24) is 10.2 Å². The Kier molecular flexibility index (Phi) is 65.2. The molecule has 0 aliphatic carbocycles. The quantitative estimate of drug-likeness (QED) is 0.0355. The summed E-state index contributed by atoms with van der Waals surface area (Å²) in [6, 6.07) is 7.40. The molecule has 5 N–H and O–H groups in total. The van der Waals surface area contributed by atoms with Gasteiger partial charge in [-0.3, -0.25) is 33.7 Å². The molecule has 39 nitrogen and oxygen atoms in total. The number of carboxylic acids is 1. The lowest BCUT2D eigenvalue weighted by Gasteiger charge is -2.39. The number of Topliss-reactive ketones (excluding diaryl/α,β-unsaturated/α-hetero) is 2. The maximum absolute atomic E-state index is 14.8. The van der Waals surface area contributed by atoms with Crippen molar-refractivity contribution in [3.05, 3.63) is 70.8 Å². The van der Waals surface area contributed by atoms with Crippen molar-refractivity contribution in [2.24, 2.45) is 11.8 Å². The zero-order valence-corrected chi connectivity index (χ0v) is 73.9. The zero-order chi connectivity index (χ0) is 90.4. The number of rotatable bonds is 86. The van der Waals surface area contributed by atoms with E-state index in [1.807, 2.05) is 0 Å². The van der Waals surface area contributed by atoms with Gasteiger partial charge in [0, 0.05) is 58.5 Å². The van der Waals surface area contributed by atoms with Crippen LogP contribution in [0, 0.1) is 11.8 Å². The summed E-state index contributed by atoms with van der Waals surface area (Å²) in [7, 11) is 3.25. The number of aliphatic hydroxyl groups is 3. The Morgan fingerprint density at radius 2 is 0.760 bits per heavy atom. The van der Waals surface area contributed by atoms with Gasteiger partial charge in [-0.1, -0.05) is 38.1 Å². The summed E-state index contributed by atoms with van der Waals surface area (Å²) in [5.74, 6) is -6.17. The van der Waals surface area contributed by atoms with Crippen molar-refractivity contribution in [3.8, 4) is 11.5 Å². The molecule has 0 unspecified atom stereocenters. The van der Waals surface area contributed by atoms with E-state index >= 15 is 0 Å². The first-order valence-corrected chi connectivity index (χ1v) is 42.8. The number of hydrogen-bond donors (Lipinski definition) is 5. The summed E-state index contributed by atoms with van der Waals surface area (Å²) in [5.41, 5.74) is 2.02. The molecule has 8 atom stereocenters. The van der Waals surface area contributed by atoms with Crippen LogP contribution in [0.25, 0.3) is 0 Å². The monoisotopic (exact) mass is 1790 g/mol. The van der Waals surface area contributed by atoms with Crippen LogP contribution >= 0.6 is 0 Å². The number of aliphatic hydroxyl groups excluding tert-OH is 3. The van der Waals surface area contributed by atoms with E-state index in [2.05, 4.69) is 5.32 Å². The Morgan fingerprint density at radius 3 is 1.10 bits per heavy atom. The average molecular weight is 1790 g/mol. The molecule has 39 heteroatoms. The predicted molar refractivity (Wildman–Crippen MR) is 445 cm³/mol. The number of carbonyl (C=O) groups is 7. The van der Waals surface area contributed by atoms with E-state index in [4.69, 9.17) is 123 Å². The third kappa shape index (κ3) is 52.8. The summed E-state index contributed by atoms with van der Waals surface area (Å²) < 4.78 is 144. The van der Waals surface area contributed by atoms with E-state index < -0.39 is 102 Å². The second kappa shape index (κ2) is 73.4. The molecule has 0 bridgehead atoms. The lowest BCUT2D eigenvalue weighted by atomic mass is 9.86. The minimum Gasteiger partial charge on any atom is -0.487 e. The van der Waals surface area contributed by atoms with Crippen LogP contribution in [-0.4, -0.2) is 414 Å². The number of hydrogen-bond acceptors (Lipinski definition) is 36. The Morgan fingerprint density at radius 1 is 0.416 bits per heavy atom. The van der Waals surface area contributed by atoms with E-state index in [0.29, 0.717) is 272 Å². The summed E-state index contributed by atoms with van der Waals surface area (Å²) >= 11 is 0. The number of imide groups is 1. The molecule has 716 valence electrons. The highest BCUT2D eigenvalue weighted by Gasteiger charge is 2.47. The Labute approximate surface area is 733 Å². The topological polar surface area (TPSA) is 456 Å². The molecule has 125 heavy (non-hydrogen) atoms. The molecule has 2 heterocycles. The Hall–Kier alpha value is -6.37. The third-order valence-corrected chi connectivity index (χ3v) is 18.6. The van der Waals surface area contributed by atoms with E-state index in [9.17, 15) is 54.0 Å². The Balaban J connectivity index is 1.21. The van der Waals surface area contributed by atoms with E-state index in [-0.39, 0.29) is 84.3 Å². The number of nitrogens with zero attached hydrogens (tertiary/aromatic N) is 1.